The molecule has 14 heteroatoms. The van der Waals surface area contributed by atoms with Gasteiger partial charge in [0.05, 0.1) is 33.0 Å². The van der Waals surface area contributed by atoms with Gasteiger partial charge in [-0.2, -0.15) is 8.62 Å². The fourth-order valence-electron chi connectivity index (χ4n) is 9.31. The van der Waals surface area contributed by atoms with E-state index in [4.69, 9.17) is 31.2 Å². The predicted octanol–water partition coefficient (Wildman–Crippen LogP) is 21.1. The minimum Gasteiger partial charge on any atom is -1.00 e. The first-order chi connectivity index (χ1) is 35.7. The van der Waals surface area contributed by atoms with Crippen molar-refractivity contribution in [2.75, 3.05) is 33.0 Å². The van der Waals surface area contributed by atoms with Crippen LogP contribution in [0.25, 0.3) is 0 Å². The molecule has 0 spiro atoms. The van der Waals surface area contributed by atoms with E-state index in [-0.39, 0.29) is 85.8 Å². The Balaban J connectivity index is -0.0000259. The minimum atomic E-state index is -4.90. The molecule has 0 aliphatic rings. The Hall–Kier alpha value is 2.05. The van der Waals surface area contributed by atoms with Crippen LogP contribution >= 0.6 is 23.5 Å². The SMILES string of the molecule is CCCCCCCCCCCCOP(=O)(OCCCCCCCCCCCC)OP(=O)(OCCCCCCCCCCCC)OP(=O)(OCCCCCCCCCCCC)OCCCCCCCCCCCC.[H-].[K+]. The maximum Gasteiger partial charge on any atom is 1.00 e. The summed E-state index contributed by atoms with van der Waals surface area (Å²) in [6.45, 7) is 11.6. The third-order valence-corrected chi connectivity index (χ3v) is 19.8. The molecule has 0 radical (unpaired) electrons. The Kier molecular flexibility index (Phi) is 64.5. The molecule has 0 aromatic rings. The normalized spacial score (nSPS) is 12.3. The summed E-state index contributed by atoms with van der Waals surface area (Å²) in [6.07, 6.45) is 56.7. The molecule has 0 atom stereocenters. The van der Waals surface area contributed by atoms with Crippen molar-refractivity contribution < 1.29 is 97.7 Å². The molecule has 0 aliphatic heterocycles. The topological polar surface area (TPSA) is 116 Å². The molecule has 0 heterocycles. The first kappa shape index (κ1) is 78.1. The van der Waals surface area contributed by atoms with Gasteiger partial charge in [-0.05, 0) is 32.1 Å². The molecule has 10 nitrogen and oxygen atoms in total. The Labute approximate surface area is 505 Å². The van der Waals surface area contributed by atoms with Crippen molar-refractivity contribution >= 4 is 23.5 Å². The van der Waals surface area contributed by atoms with Crippen molar-refractivity contribution in [2.24, 2.45) is 0 Å². The summed E-state index contributed by atoms with van der Waals surface area (Å²) in [7, 11) is -13.9. The van der Waals surface area contributed by atoms with Gasteiger partial charge in [0.2, 0.25) is 0 Å². The van der Waals surface area contributed by atoms with Crippen LogP contribution in [0, 0.1) is 0 Å². The standard InChI is InChI=1S/C60H125O10P3.K.H/c1-6-11-16-21-26-31-36-41-46-51-56-64-71(61,65-57-52-47-42-37-32-27-22-17-12-7-2)69-73(63,68-60-55-50-45-40-35-30-25-20-15-10-5)70-72(62,66-58-53-48-43-38-33-28-23-18-13-8-3)67-59-54-49-44-39-34-29-24-19-14-9-4;;/h6-60H2,1-5H3;;/q;+1;-1. The summed E-state index contributed by atoms with van der Waals surface area (Å²) >= 11 is 0. The van der Waals surface area contributed by atoms with Gasteiger partial charge < -0.3 is 1.43 Å². The molecular formula is C60H126KO10P3. The van der Waals surface area contributed by atoms with Crippen LogP contribution in [0.4, 0.5) is 0 Å². The molecule has 0 aromatic carbocycles. The van der Waals surface area contributed by atoms with E-state index in [1.165, 1.54) is 193 Å². The smallest absolute Gasteiger partial charge is 1.00 e. The van der Waals surface area contributed by atoms with Crippen LogP contribution in [0.1, 0.15) is 357 Å². The molecule has 74 heavy (non-hydrogen) atoms. The van der Waals surface area contributed by atoms with Crippen LogP contribution in [0.3, 0.4) is 0 Å². The van der Waals surface area contributed by atoms with Crippen LogP contribution in [-0.4, -0.2) is 33.0 Å². The molecular weight excluding hydrogens is 1010 g/mol. The quantitative estimate of drug-likeness (QED) is 0.0331. The van der Waals surface area contributed by atoms with E-state index in [0.29, 0.717) is 32.1 Å². The van der Waals surface area contributed by atoms with Gasteiger partial charge in [0, 0.05) is 0 Å². The summed E-state index contributed by atoms with van der Waals surface area (Å²) < 4.78 is 86.0. The largest absolute Gasteiger partial charge is 1.00 e. The Morgan fingerprint density at radius 1 is 0.203 bits per heavy atom. The number of phosphoric acid groups is 3. The van der Waals surface area contributed by atoms with E-state index in [9.17, 15) is 13.7 Å². The predicted molar refractivity (Wildman–Crippen MR) is 315 cm³/mol. The average Bonchev–Trinajstić information content (AvgIpc) is 3.37. The summed E-state index contributed by atoms with van der Waals surface area (Å²) in [5, 5.41) is 0. The Morgan fingerprint density at radius 3 is 0.473 bits per heavy atom. The molecule has 0 aromatic heterocycles. The molecule has 0 rings (SSSR count). The van der Waals surface area contributed by atoms with E-state index in [2.05, 4.69) is 34.6 Å². The fourth-order valence-corrected chi connectivity index (χ4v) is 14.7. The maximum atomic E-state index is 15.0. The summed E-state index contributed by atoms with van der Waals surface area (Å²) in [6, 6.07) is 0. The minimum absolute atomic E-state index is 0. The van der Waals surface area contributed by atoms with Crippen LogP contribution in [0.2, 0.25) is 0 Å². The first-order valence-corrected chi connectivity index (χ1v) is 36.6. The van der Waals surface area contributed by atoms with Crippen molar-refractivity contribution in [1.82, 2.24) is 0 Å². The van der Waals surface area contributed by atoms with Crippen molar-refractivity contribution in [3.05, 3.63) is 0 Å². The van der Waals surface area contributed by atoms with Crippen molar-refractivity contribution in [3.63, 3.8) is 0 Å². The molecule has 0 aliphatic carbocycles. The summed E-state index contributed by atoms with van der Waals surface area (Å²) in [5.74, 6) is 0. The van der Waals surface area contributed by atoms with Gasteiger partial charge in [-0.15, -0.1) is 0 Å². The Bertz CT molecular complexity index is 1120. The van der Waals surface area contributed by atoms with Crippen LogP contribution in [0.15, 0.2) is 0 Å². The van der Waals surface area contributed by atoms with Crippen LogP contribution < -0.4 is 51.4 Å². The maximum absolute atomic E-state index is 15.0. The van der Waals surface area contributed by atoms with E-state index < -0.39 is 23.5 Å². The second kappa shape index (κ2) is 61.1. The first-order valence-electron chi connectivity index (χ1n) is 32.2. The number of hydrogen-bond donors (Lipinski definition) is 0. The monoisotopic (exact) mass is 1140 g/mol. The van der Waals surface area contributed by atoms with E-state index >= 15 is 0 Å². The van der Waals surface area contributed by atoms with Crippen molar-refractivity contribution in [2.45, 2.75) is 356 Å². The molecule has 0 amide bonds. The molecule has 0 saturated carbocycles. The zero-order chi connectivity index (χ0) is 53.3. The summed E-state index contributed by atoms with van der Waals surface area (Å²) in [4.78, 5) is 0. The number of hydrogen-bond acceptors (Lipinski definition) is 10. The van der Waals surface area contributed by atoms with Gasteiger partial charge in [0.1, 0.15) is 0 Å². The van der Waals surface area contributed by atoms with E-state index in [1.54, 1.807) is 0 Å². The molecule has 0 unspecified atom stereocenters. The molecule has 0 fully saturated rings. The van der Waals surface area contributed by atoms with E-state index in [1.807, 2.05) is 0 Å². The van der Waals surface area contributed by atoms with Crippen LogP contribution in [0.5, 0.6) is 0 Å². The number of rotatable bonds is 64. The van der Waals surface area contributed by atoms with Gasteiger partial charge in [0.15, 0.2) is 0 Å². The number of phosphoric ester groups is 2. The molecule has 0 saturated heterocycles. The van der Waals surface area contributed by atoms with Gasteiger partial charge in [-0.1, -0.05) is 324 Å². The second-order valence-corrected chi connectivity index (χ2v) is 26.9. The zero-order valence-electron chi connectivity index (χ0n) is 51.3. The average molecular weight is 1140 g/mol. The molecule has 0 N–H and O–H groups in total. The van der Waals surface area contributed by atoms with Gasteiger partial charge in [-0.25, -0.2) is 13.7 Å². The van der Waals surface area contributed by atoms with E-state index in [0.717, 1.165) is 96.3 Å². The third-order valence-electron chi connectivity index (χ3n) is 14.1. The zero-order valence-corrected chi connectivity index (χ0v) is 56.1. The van der Waals surface area contributed by atoms with Crippen molar-refractivity contribution in [3.8, 4) is 0 Å². The Morgan fingerprint density at radius 2 is 0.324 bits per heavy atom. The van der Waals surface area contributed by atoms with Gasteiger partial charge >= 0.3 is 74.9 Å². The second-order valence-electron chi connectivity index (χ2n) is 21.6. The fraction of sp³-hybridized carbons (Fsp3) is 1.00. The van der Waals surface area contributed by atoms with Crippen molar-refractivity contribution in [1.29, 1.82) is 0 Å². The third kappa shape index (κ3) is 55.9. The van der Waals surface area contributed by atoms with Crippen LogP contribution in [-0.2, 0) is 44.9 Å². The molecule has 0 bridgehead atoms. The van der Waals surface area contributed by atoms with Gasteiger partial charge in [0.25, 0.3) is 0 Å². The number of unbranched alkanes of at least 4 members (excludes halogenated alkanes) is 45. The van der Waals surface area contributed by atoms with Gasteiger partial charge in [-0.3, -0.25) is 22.6 Å². The summed E-state index contributed by atoms with van der Waals surface area (Å²) in [5.41, 5.74) is 0. The molecule has 442 valence electrons.